The van der Waals surface area contributed by atoms with Crippen molar-refractivity contribution in [3.8, 4) is 0 Å². The highest BCUT2D eigenvalue weighted by Gasteiger charge is 1.81. The molecule has 0 aromatic carbocycles. The number of rotatable bonds is 4. The quantitative estimate of drug-likeness (QED) is 0.361. The van der Waals surface area contributed by atoms with Gasteiger partial charge >= 0.3 is 0 Å². The predicted octanol–water partition coefficient (Wildman–Crippen LogP) is 1.83. The van der Waals surface area contributed by atoms with Gasteiger partial charge in [0.15, 0.2) is 0 Å². The maximum absolute atomic E-state index is 10.2. The van der Waals surface area contributed by atoms with E-state index in [4.69, 9.17) is 0 Å². The summed E-state index contributed by atoms with van der Waals surface area (Å²) in [6, 6.07) is 0. The molecule has 0 aliphatic heterocycles. The molecular formula is C10H12O2. The molecule has 0 saturated heterocycles. The molecule has 0 amide bonds. The van der Waals surface area contributed by atoms with E-state index in [-0.39, 0.29) is 0 Å². The van der Waals surface area contributed by atoms with E-state index >= 15 is 0 Å². The van der Waals surface area contributed by atoms with Crippen molar-refractivity contribution in [2.24, 2.45) is 0 Å². The van der Waals surface area contributed by atoms with Crippen molar-refractivity contribution in [1.29, 1.82) is 0 Å². The van der Waals surface area contributed by atoms with E-state index < -0.39 is 0 Å². The first kappa shape index (κ1) is 10.6. The van der Waals surface area contributed by atoms with Gasteiger partial charge in [0.25, 0.3) is 0 Å². The van der Waals surface area contributed by atoms with E-state index in [0.29, 0.717) is 11.9 Å². The lowest BCUT2D eigenvalue weighted by atomic mass is 10.2. The predicted molar refractivity (Wildman–Crippen MR) is 48.8 cm³/mol. The normalized spacial score (nSPS) is 13.5. The van der Waals surface area contributed by atoms with Gasteiger partial charge < -0.3 is 0 Å². The Morgan fingerprint density at radius 3 is 2.08 bits per heavy atom. The molecule has 0 heterocycles. The number of hydrogen-bond acceptors (Lipinski definition) is 2. The molecule has 0 aromatic rings. The summed E-state index contributed by atoms with van der Waals surface area (Å²) in [6.45, 7) is 3.58. The van der Waals surface area contributed by atoms with Crippen LogP contribution < -0.4 is 0 Å². The second-order valence-corrected chi connectivity index (χ2v) is 2.43. The molecule has 0 aliphatic carbocycles. The smallest absolute Gasteiger partial charge is 0.145 e. The van der Waals surface area contributed by atoms with Crippen LogP contribution in [-0.4, -0.2) is 12.6 Å². The van der Waals surface area contributed by atoms with Gasteiger partial charge in [-0.25, -0.2) is 0 Å². The van der Waals surface area contributed by atoms with Crippen LogP contribution in [0.15, 0.2) is 35.5 Å². The lowest BCUT2D eigenvalue weighted by Gasteiger charge is -1.86. The summed E-state index contributed by atoms with van der Waals surface area (Å²) in [5.41, 5.74) is 1.59. The Kier molecular flexibility index (Phi) is 5.53. The molecule has 0 spiro atoms. The van der Waals surface area contributed by atoms with Crippen LogP contribution >= 0.6 is 0 Å². The van der Waals surface area contributed by atoms with Crippen LogP contribution in [0.2, 0.25) is 0 Å². The topological polar surface area (TPSA) is 34.1 Å². The summed E-state index contributed by atoms with van der Waals surface area (Å²) in [5, 5.41) is 0. The van der Waals surface area contributed by atoms with Crippen molar-refractivity contribution in [2.45, 2.75) is 13.8 Å². The zero-order valence-corrected chi connectivity index (χ0v) is 7.28. The fourth-order valence-corrected chi connectivity index (χ4v) is 0.549. The summed E-state index contributed by atoms with van der Waals surface area (Å²) in [5.74, 6) is 0. The molecule has 12 heavy (non-hydrogen) atoms. The highest BCUT2D eigenvalue weighted by Crippen LogP contribution is 1.96. The van der Waals surface area contributed by atoms with Crippen LogP contribution in [0, 0.1) is 0 Å². The van der Waals surface area contributed by atoms with Crippen molar-refractivity contribution in [3.05, 3.63) is 35.5 Å². The SMILES string of the molecule is CC(C=O)=CC=C(C)C=CC=O. The molecule has 0 atom stereocenters. The number of carbonyl (C=O) groups is 2. The molecule has 0 aliphatic rings. The number of carbonyl (C=O) groups excluding carboxylic acids is 2. The first-order valence-corrected chi connectivity index (χ1v) is 3.63. The second-order valence-electron chi connectivity index (χ2n) is 2.43. The van der Waals surface area contributed by atoms with Gasteiger partial charge in [0, 0.05) is 0 Å². The van der Waals surface area contributed by atoms with E-state index in [1.54, 1.807) is 25.2 Å². The molecule has 0 rings (SSSR count). The van der Waals surface area contributed by atoms with E-state index in [0.717, 1.165) is 11.9 Å². The number of hydrogen-bond donors (Lipinski definition) is 0. The Morgan fingerprint density at radius 1 is 1.00 bits per heavy atom. The van der Waals surface area contributed by atoms with Gasteiger partial charge in [-0.05, 0) is 25.5 Å². The Morgan fingerprint density at radius 2 is 1.58 bits per heavy atom. The van der Waals surface area contributed by atoms with E-state index in [1.807, 2.05) is 6.92 Å². The standard InChI is InChI=1S/C10H12O2/c1-9(4-3-7-11)5-6-10(2)8-12/h3-8H,1-2H3. The Hall–Kier alpha value is -1.44. The number of aldehydes is 2. The van der Waals surface area contributed by atoms with Crippen molar-refractivity contribution in [3.63, 3.8) is 0 Å². The van der Waals surface area contributed by atoms with Crippen molar-refractivity contribution in [2.75, 3.05) is 0 Å². The van der Waals surface area contributed by atoms with Crippen LogP contribution in [0.25, 0.3) is 0 Å². The molecule has 0 bridgehead atoms. The molecule has 0 fully saturated rings. The Bertz CT molecular complexity index is 245. The molecule has 0 N–H and O–H groups in total. The second kappa shape index (κ2) is 6.28. The van der Waals surface area contributed by atoms with E-state index in [9.17, 15) is 9.59 Å². The summed E-state index contributed by atoms with van der Waals surface area (Å²) in [4.78, 5) is 20.1. The van der Waals surface area contributed by atoms with Crippen molar-refractivity contribution >= 4 is 12.6 Å². The molecule has 64 valence electrons. The zero-order valence-electron chi connectivity index (χ0n) is 7.28. The maximum atomic E-state index is 10.2. The molecule has 0 radical (unpaired) electrons. The maximum Gasteiger partial charge on any atom is 0.145 e. The molecule has 2 nitrogen and oxygen atoms in total. The summed E-state index contributed by atoms with van der Waals surface area (Å²) in [7, 11) is 0. The molecule has 0 saturated carbocycles. The third kappa shape index (κ3) is 5.35. The van der Waals surface area contributed by atoms with Gasteiger partial charge in [-0.1, -0.05) is 23.8 Å². The fourth-order valence-electron chi connectivity index (χ4n) is 0.549. The molecular weight excluding hydrogens is 152 g/mol. The van der Waals surface area contributed by atoms with Gasteiger partial charge in [0.05, 0.1) is 0 Å². The summed E-state index contributed by atoms with van der Waals surface area (Å²) < 4.78 is 0. The minimum atomic E-state index is 0.661. The van der Waals surface area contributed by atoms with Crippen LogP contribution in [0.1, 0.15) is 13.8 Å². The van der Waals surface area contributed by atoms with Crippen molar-refractivity contribution in [1.82, 2.24) is 0 Å². The number of allylic oxidation sites excluding steroid dienone is 6. The Balaban J connectivity index is 4.26. The van der Waals surface area contributed by atoms with Crippen LogP contribution in [0.5, 0.6) is 0 Å². The highest BCUT2D eigenvalue weighted by atomic mass is 16.1. The average molecular weight is 164 g/mol. The Labute approximate surface area is 72.3 Å². The van der Waals surface area contributed by atoms with Crippen molar-refractivity contribution < 1.29 is 9.59 Å². The first-order chi connectivity index (χ1) is 5.70. The van der Waals surface area contributed by atoms with Gasteiger partial charge in [0.1, 0.15) is 12.6 Å². The van der Waals surface area contributed by atoms with Crippen LogP contribution in [0.4, 0.5) is 0 Å². The van der Waals surface area contributed by atoms with Crippen LogP contribution in [-0.2, 0) is 9.59 Å². The first-order valence-electron chi connectivity index (χ1n) is 3.63. The average Bonchev–Trinajstić information content (AvgIpc) is 2.10. The van der Waals surface area contributed by atoms with Gasteiger partial charge in [0.2, 0.25) is 0 Å². The van der Waals surface area contributed by atoms with E-state index in [1.165, 1.54) is 6.08 Å². The van der Waals surface area contributed by atoms with Gasteiger partial charge in [-0.2, -0.15) is 0 Å². The van der Waals surface area contributed by atoms with Gasteiger partial charge in [-0.15, -0.1) is 0 Å². The molecule has 0 unspecified atom stereocenters. The highest BCUT2D eigenvalue weighted by molar-refractivity contribution is 5.72. The third-order valence-electron chi connectivity index (χ3n) is 1.23. The minimum absolute atomic E-state index is 0.661. The largest absolute Gasteiger partial charge is 0.299 e. The lowest BCUT2D eigenvalue weighted by Crippen LogP contribution is -1.74. The lowest BCUT2D eigenvalue weighted by molar-refractivity contribution is -0.105. The minimum Gasteiger partial charge on any atom is -0.299 e. The van der Waals surface area contributed by atoms with E-state index in [2.05, 4.69) is 0 Å². The third-order valence-corrected chi connectivity index (χ3v) is 1.23. The summed E-state index contributed by atoms with van der Waals surface area (Å²) >= 11 is 0. The van der Waals surface area contributed by atoms with Crippen LogP contribution in [0.3, 0.4) is 0 Å². The summed E-state index contributed by atoms with van der Waals surface area (Å²) in [6.07, 6.45) is 8.08. The molecule has 2 heteroatoms. The molecule has 0 aromatic heterocycles. The monoisotopic (exact) mass is 164 g/mol. The fraction of sp³-hybridized carbons (Fsp3) is 0.200. The zero-order chi connectivity index (χ0) is 9.40. The van der Waals surface area contributed by atoms with Gasteiger partial charge in [-0.3, -0.25) is 9.59 Å².